The lowest BCUT2D eigenvalue weighted by Crippen LogP contribution is -2.40. The summed E-state index contributed by atoms with van der Waals surface area (Å²) in [5, 5.41) is 10.00. The van der Waals surface area contributed by atoms with Crippen molar-refractivity contribution in [3.05, 3.63) is 69.8 Å². The fourth-order valence-corrected chi connectivity index (χ4v) is 4.95. The van der Waals surface area contributed by atoms with Crippen LogP contribution in [0.15, 0.2) is 52.2 Å². The Hall–Kier alpha value is -3.39. The highest BCUT2D eigenvalue weighted by Gasteiger charge is 2.28. The van der Waals surface area contributed by atoms with Crippen LogP contribution in [0, 0.1) is 18.3 Å². The van der Waals surface area contributed by atoms with E-state index in [4.69, 9.17) is 4.74 Å². The summed E-state index contributed by atoms with van der Waals surface area (Å²) < 4.78 is 32.0. The van der Waals surface area contributed by atoms with E-state index in [9.17, 15) is 23.3 Å². The van der Waals surface area contributed by atoms with Gasteiger partial charge in [0.05, 0.1) is 35.1 Å². The quantitative estimate of drug-likeness (QED) is 0.583. The molecule has 1 aliphatic rings. The lowest BCUT2D eigenvalue weighted by atomic mass is 9.98. The number of nitriles is 1. The number of aromatic amines is 1. The van der Waals surface area contributed by atoms with Gasteiger partial charge in [-0.25, -0.2) is 13.4 Å². The van der Waals surface area contributed by atoms with Crippen LogP contribution in [0.3, 0.4) is 0 Å². The summed E-state index contributed by atoms with van der Waals surface area (Å²) in [5.41, 5.74) is 0.977. The average molecular weight is 452 g/mol. The van der Waals surface area contributed by atoms with Gasteiger partial charge < -0.3 is 9.72 Å². The van der Waals surface area contributed by atoms with Crippen LogP contribution < -0.4 is 5.56 Å². The van der Waals surface area contributed by atoms with Gasteiger partial charge in [0.1, 0.15) is 5.82 Å². The third-order valence-electron chi connectivity index (χ3n) is 5.29. The molecule has 0 saturated carbocycles. The highest BCUT2D eigenvalue weighted by atomic mass is 32.2. The maximum absolute atomic E-state index is 13.0. The van der Waals surface area contributed by atoms with E-state index in [1.54, 1.807) is 18.2 Å². The van der Waals surface area contributed by atoms with E-state index in [2.05, 4.69) is 9.97 Å². The minimum atomic E-state index is -3.70. The zero-order chi connectivity index (χ0) is 22.9. The number of aromatic nitrogens is 2. The molecule has 4 rings (SSSR count). The van der Waals surface area contributed by atoms with E-state index in [-0.39, 0.29) is 29.4 Å². The zero-order valence-corrected chi connectivity index (χ0v) is 18.1. The molecule has 10 heteroatoms. The Bertz CT molecular complexity index is 1380. The van der Waals surface area contributed by atoms with E-state index >= 15 is 0 Å². The molecule has 9 nitrogen and oxygen atoms in total. The molecular weight excluding hydrogens is 432 g/mol. The van der Waals surface area contributed by atoms with Crippen molar-refractivity contribution in [3.8, 4) is 6.07 Å². The van der Waals surface area contributed by atoms with E-state index in [0.717, 1.165) is 5.56 Å². The summed E-state index contributed by atoms with van der Waals surface area (Å²) in [6.07, 6.45) is 0. The SMILES string of the molecule is Cc1ccc2nc(C(C#N)C(=O)c3ccc(S(=O)(=O)N4CCOCC4)cc3)[nH]c(=O)c2c1. The average Bonchev–Trinajstić information content (AvgIpc) is 2.80. The number of carbonyl (C=O) groups excluding carboxylic acids is 1. The van der Waals surface area contributed by atoms with Crippen LogP contribution in [0.4, 0.5) is 0 Å². The summed E-state index contributed by atoms with van der Waals surface area (Å²) in [6, 6.07) is 12.4. The molecule has 0 amide bonds. The van der Waals surface area contributed by atoms with Gasteiger partial charge in [0.2, 0.25) is 10.0 Å². The molecule has 2 heterocycles. The number of benzene rings is 2. The number of aryl methyl sites for hydroxylation is 1. The summed E-state index contributed by atoms with van der Waals surface area (Å²) in [7, 11) is -3.70. The number of ketones is 1. The van der Waals surface area contributed by atoms with Gasteiger partial charge in [-0.2, -0.15) is 9.57 Å². The number of sulfonamides is 1. The number of hydrogen-bond acceptors (Lipinski definition) is 7. The molecule has 1 atom stereocenters. The molecule has 0 radical (unpaired) electrons. The van der Waals surface area contributed by atoms with Gasteiger partial charge in [0.15, 0.2) is 11.7 Å². The molecule has 0 spiro atoms. The minimum Gasteiger partial charge on any atom is -0.379 e. The molecular formula is C22H20N4O5S. The molecule has 1 fully saturated rings. The Morgan fingerprint density at radius 3 is 2.53 bits per heavy atom. The number of Topliss-reactive ketones (excluding diaryl/α,β-unsaturated/α-hetero) is 1. The fourth-order valence-electron chi connectivity index (χ4n) is 3.55. The van der Waals surface area contributed by atoms with Gasteiger partial charge in [-0.3, -0.25) is 9.59 Å². The first kappa shape index (κ1) is 21.8. The first-order valence-electron chi connectivity index (χ1n) is 9.93. The van der Waals surface area contributed by atoms with Gasteiger partial charge in [-0.1, -0.05) is 23.8 Å². The molecule has 2 aromatic carbocycles. The van der Waals surface area contributed by atoms with Crippen LogP contribution >= 0.6 is 0 Å². The van der Waals surface area contributed by atoms with Crippen LogP contribution in [-0.2, 0) is 14.8 Å². The number of hydrogen-bond donors (Lipinski definition) is 1. The van der Waals surface area contributed by atoms with E-state index in [1.165, 1.54) is 28.6 Å². The van der Waals surface area contributed by atoms with E-state index in [1.807, 2.05) is 13.0 Å². The second-order valence-electron chi connectivity index (χ2n) is 7.44. The lowest BCUT2D eigenvalue weighted by Gasteiger charge is -2.26. The fraction of sp³-hybridized carbons (Fsp3) is 0.273. The van der Waals surface area contributed by atoms with Crippen LogP contribution in [0.1, 0.15) is 27.7 Å². The number of ether oxygens (including phenoxy) is 1. The van der Waals surface area contributed by atoms with Crippen molar-refractivity contribution in [2.24, 2.45) is 0 Å². The predicted octanol–water partition coefficient (Wildman–Crippen LogP) is 1.74. The van der Waals surface area contributed by atoms with Gasteiger partial charge in [0.25, 0.3) is 5.56 Å². The highest BCUT2D eigenvalue weighted by Crippen LogP contribution is 2.22. The van der Waals surface area contributed by atoms with Crippen molar-refractivity contribution in [2.45, 2.75) is 17.7 Å². The predicted molar refractivity (Wildman–Crippen MR) is 116 cm³/mol. The Labute approximate surface area is 184 Å². The van der Waals surface area contributed by atoms with Gasteiger partial charge in [0, 0.05) is 18.7 Å². The van der Waals surface area contributed by atoms with Crippen molar-refractivity contribution in [3.63, 3.8) is 0 Å². The van der Waals surface area contributed by atoms with Gasteiger partial charge in [-0.05, 0) is 31.2 Å². The van der Waals surface area contributed by atoms with E-state index < -0.39 is 27.3 Å². The van der Waals surface area contributed by atoms with Gasteiger partial charge >= 0.3 is 0 Å². The highest BCUT2D eigenvalue weighted by molar-refractivity contribution is 7.89. The summed E-state index contributed by atoms with van der Waals surface area (Å²) in [6.45, 7) is 3.03. The van der Waals surface area contributed by atoms with Crippen LogP contribution in [-0.4, -0.2) is 54.8 Å². The normalized spacial score (nSPS) is 15.9. The molecule has 3 aromatic rings. The van der Waals surface area contributed by atoms with Crippen LogP contribution in [0.2, 0.25) is 0 Å². The number of nitrogens with one attached hydrogen (secondary N) is 1. The summed E-state index contributed by atoms with van der Waals surface area (Å²) in [4.78, 5) is 32.3. The third-order valence-corrected chi connectivity index (χ3v) is 7.20. The molecule has 0 aliphatic carbocycles. The van der Waals surface area contributed by atoms with E-state index in [0.29, 0.717) is 24.1 Å². The van der Waals surface area contributed by atoms with Crippen molar-refractivity contribution < 1.29 is 17.9 Å². The topological polar surface area (TPSA) is 133 Å². The summed E-state index contributed by atoms with van der Waals surface area (Å²) in [5.74, 6) is -1.98. The monoisotopic (exact) mass is 452 g/mol. The first-order chi connectivity index (χ1) is 15.3. The van der Waals surface area contributed by atoms with Crippen LogP contribution in [0.25, 0.3) is 10.9 Å². The van der Waals surface area contributed by atoms with Gasteiger partial charge in [-0.15, -0.1) is 0 Å². The molecule has 1 aliphatic heterocycles. The van der Waals surface area contributed by atoms with Crippen molar-refractivity contribution in [2.75, 3.05) is 26.3 Å². The molecule has 0 bridgehead atoms. The third kappa shape index (κ3) is 4.05. The Balaban J connectivity index is 1.63. The first-order valence-corrected chi connectivity index (χ1v) is 11.4. The minimum absolute atomic E-state index is 0.0520. The molecule has 32 heavy (non-hydrogen) atoms. The number of nitrogens with zero attached hydrogens (tertiary/aromatic N) is 3. The summed E-state index contributed by atoms with van der Waals surface area (Å²) >= 11 is 0. The maximum atomic E-state index is 13.0. The largest absolute Gasteiger partial charge is 0.379 e. The number of carbonyl (C=O) groups is 1. The lowest BCUT2D eigenvalue weighted by molar-refractivity contribution is 0.0730. The second-order valence-corrected chi connectivity index (χ2v) is 9.38. The van der Waals surface area contributed by atoms with Crippen molar-refractivity contribution >= 4 is 26.7 Å². The number of morpholine rings is 1. The van der Waals surface area contributed by atoms with Crippen molar-refractivity contribution in [1.82, 2.24) is 14.3 Å². The second kappa shape index (κ2) is 8.63. The number of rotatable bonds is 5. The standard InChI is InChI=1S/C22H20N4O5S/c1-14-2-7-19-17(12-14)22(28)25-21(24-19)18(13-23)20(27)15-3-5-16(6-4-15)32(29,30)26-8-10-31-11-9-26/h2-7,12,18H,8-11H2,1H3,(H,24,25,28). The molecule has 164 valence electrons. The molecule has 1 unspecified atom stereocenters. The molecule has 1 saturated heterocycles. The maximum Gasteiger partial charge on any atom is 0.258 e. The molecule has 1 aromatic heterocycles. The van der Waals surface area contributed by atoms with Crippen LogP contribution in [0.5, 0.6) is 0 Å². The zero-order valence-electron chi connectivity index (χ0n) is 17.2. The Kier molecular flexibility index (Phi) is 5.88. The smallest absolute Gasteiger partial charge is 0.258 e. The number of fused-ring (bicyclic) bond motifs is 1. The Morgan fingerprint density at radius 1 is 1.19 bits per heavy atom. The number of H-pyrrole nitrogens is 1. The van der Waals surface area contributed by atoms with Crippen molar-refractivity contribution in [1.29, 1.82) is 5.26 Å². The Morgan fingerprint density at radius 2 is 1.88 bits per heavy atom. The molecule has 1 N–H and O–H groups in total.